The lowest BCUT2D eigenvalue weighted by atomic mass is 10.1. The number of nitrogens with one attached hydrogen (secondary N) is 3. The van der Waals surface area contributed by atoms with Crippen LogP contribution in [0.25, 0.3) is 0 Å². The van der Waals surface area contributed by atoms with E-state index in [4.69, 9.17) is 0 Å². The Bertz CT molecular complexity index is 458. The highest BCUT2D eigenvalue weighted by atomic mass is 35.5. The van der Waals surface area contributed by atoms with Gasteiger partial charge >= 0.3 is 0 Å². The van der Waals surface area contributed by atoms with Gasteiger partial charge in [-0.2, -0.15) is 0 Å². The number of para-hydroxylation sites is 1. The third-order valence-electron chi connectivity index (χ3n) is 3.02. The number of anilines is 1. The molecule has 0 bridgehead atoms. The lowest BCUT2D eigenvalue weighted by Crippen LogP contribution is -2.33. The molecule has 0 saturated heterocycles. The molecule has 3 N–H and O–H groups in total. The second-order valence-corrected chi connectivity index (χ2v) is 4.80. The van der Waals surface area contributed by atoms with Crippen LogP contribution in [-0.2, 0) is 9.59 Å². The zero-order chi connectivity index (χ0) is 15.0. The minimum Gasteiger partial charge on any atom is -0.347 e. The number of carbonyl (C=O) groups is 2. The van der Waals surface area contributed by atoms with Gasteiger partial charge in [0.1, 0.15) is 0 Å². The lowest BCUT2D eigenvalue weighted by Gasteiger charge is -2.11. The van der Waals surface area contributed by atoms with Gasteiger partial charge in [-0.05, 0) is 45.0 Å². The molecule has 5 nitrogen and oxygen atoms in total. The molecule has 0 spiro atoms. The van der Waals surface area contributed by atoms with Gasteiger partial charge in [0.15, 0.2) is 0 Å². The largest absolute Gasteiger partial charge is 0.347 e. The number of amides is 2. The van der Waals surface area contributed by atoms with E-state index < -0.39 is 0 Å². The maximum atomic E-state index is 11.8. The first kappa shape index (κ1) is 19.4. The number of benzene rings is 1. The molecule has 0 aromatic heterocycles. The predicted molar refractivity (Wildman–Crippen MR) is 88.0 cm³/mol. The van der Waals surface area contributed by atoms with Gasteiger partial charge in [0.2, 0.25) is 11.8 Å². The van der Waals surface area contributed by atoms with Crippen molar-refractivity contribution in [1.29, 1.82) is 0 Å². The number of hydrogen-bond acceptors (Lipinski definition) is 3. The molecule has 0 aliphatic carbocycles. The molecule has 1 aromatic rings. The SMILES string of the molecule is CNCCCC(=O)NCC(=O)Nc1c(C)cccc1C.Cl. The first-order valence-corrected chi connectivity index (χ1v) is 6.82. The van der Waals surface area contributed by atoms with Crippen molar-refractivity contribution in [3.05, 3.63) is 29.3 Å². The molecule has 1 rings (SSSR count). The molecule has 0 aliphatic heterocycles. The summed E-state index contributed by atoms with van der Waals surface area (Å²) in [6, 6.07) is 5.84. The van der Waals surface area contributed by atoms with Gasteiger partial charge in [-0.1, -0.05) is 18.2 Å². The summed E-state index contributed by atoms with van der Waals surface area (Å²) in [4.78, 5) is 23.3. The van der Waals surface area contributed by atoms with Crippen LogP contribution in [0.5, 0.6) is 0 Å². The van der Waals surface area contributed by atoms with E-state index in [1.807, 2.05) is 39.1 Å². The summed E-state index contributed by atoms with van der Waals surface area (Å²) >= 11 is 0. The van der Waals surface area contributed by atoms with E-state index in [0.29, 0.717) is 6.42 Å². The monoisotopic (exact) mass is 313 g/mol. The summed E-state index contributed by atoms with van der Waals surface area (Å²) in [6.07, 6.45) is 1.19. The third-order valence-corrected chi connectivity index (χ3v) is 3.02. The summed E-state index contributed by atoms with van der Waals surface area (Å²) in [5, 5.41) is 8.43. The van der Waals surface area contributed by atoms with Crippen molar-refractivity contribution in [2.24, 2.45) is 0 Å². The molecule has 2 amide bonds. The fourth-order valence-corrected chi connectivity index (χ4v) is 1.89. The van der Waals surface area contributed by atoms with E-state index in [2.05, 4.69) is 16.0 Å². The predicted octanol–water partition coefficient (Wildman–Crippen LogP) is 1.78. The Labute approximate surface area is 132 Å². The number of carbonyl (C=O) groups excluding carboxylic acids is 2. The van der Waals surface area contributed by atoms with Crippen LogP contribution in [-0.4, -0.2) is 32.0 Å². The Morgan fingerprint density at radius 1 is 1.10 bits per heavy atom. The average molecular weight is 314 g/mol. The second-order valence-electron chi connectivity index (χ2n) is 4.80. The third kappa shape index (κ3) is 7.11. The van der Waals surface area contributed by atoms with E-state index in [1.165, 1.54) is 0 Å². The van der Waals surface area contributed by atoms with Gasteiger partial charge in [0.25, 0.3) is 0 Å². The highest BCUT2D eigenvalue weighted by molar-refractivity contribution is 5.95. The van der Waals surface area contributed by atoms with Crippen molar-refractivity contribution in [3.8, 4) is 0 Å². The molecule has 0 atom stereocenters. The van der Waals surface area contributed by atoms with E-state index in [-0.39, 0.29) is 30.8 Å². The van der Waals surface area contributed by atoms with Crippen molar-refractivity contribution < 1.29 is 9.59 Å². The Hall–Kier alpha value is -1.59. The maximum Gasteiger partial charge on any atom is 0.243 e. The van der Waals surface area contributed by atoms with Gasteiger partial charge in [-0.15, -0.1) is 12.4 Å². The summed E-state index contributed by atoms with van der Waals surface area (Å²) in [7, 11) is 1.84. The van der Waals surface area contributed by atoms with Gasteiger partial charge in [0.05, 0.1) is 6.54 Å². The van der Waals surface area contributed by atoms with Crippen LogP contribution >= 0.6 is 12.4 Å². The molecule has 0 saturated carbocycles. The Morgan fingerprint density at radius 3 is 2.29 bits per heavy atom. The maximum absolute atomic E-state index is 11.8. The minimum absolute atomic E-state index is 0. The average Bonchev–Trinajstić information content (AvgIpc) is 2.41. The molecule has 21 heavy (non-hydrogen) atoms. The van der Waals surface area contributed by atoms with E-state index in [1.54, 1.807) is 0 Å². The Morgan fingerprint density at radius 2 is 1.71 bits per heavy atom. The minimum atomic E-state index is -0.204. The molecule has 1 aromatic carbocycles. The highest BCUT2D eigenvalue weighted by Crippen LogP contribution is 2.18. The molecular weight excluding hydrogens is 290 g/mol. The van der Waals surface area contributed by atoms with Crippen LogP contribution in [0.4, 0.5) is 5.69 Å². The molecule has 0 unspecified atom stereocenters. The number of rotatable bonds is 7. The fraction of sp³-hybridized carbons (Fsp3) is 0.467. The fourth-order valence-electron chi connectivity index (χ4n) is 1.89. The Kier molecular flexibility index (Phi) is 9.41. The quantitative estimate of drug-likeness (QED) is 0.672. The topological polar surface area (TPSA) is 70.2 Å². The van der Waals surface area contributed by atoms with Crippen LogP contribution in [0.15, 0.2) is 18.2 Å². The van der Waals surface area contributed by atoms with E-state index >= 15 is 0 Å². The van der Waals surface area contributed by atoms with E-state index in [9.17, 15) is 9.59 Å². The first-order valence-electron chi connectivity index (χ1n) is 6.82. The van der Waals surface area contributed by atoms with E-state index in [0.717, 1.165) is 29.8 Å². The van der Waals surface area contributed by atoms with Gasteiger partial charge < -0.3 is 16.0 Å². The van der Waals surface area contributed by atoms with Crippen LogP contribution in [0.3, 0.4) is 0 Å². The van der Waals surface area contributed by atoms with Crippen molar-refractivity contribution in [2.45, 2.75) is 26.7 Å². The normalized spacial score (nSPS) is 9.67. The number of aryl methyl sites for hydroxylation is 2. The lowest BCUT2D eigenvalue weighted by molar-refractivity contribution is -0.124. The summed E-state index contributed by atoms with van der Waals surface area (Å²) in [5.41, 5.74) is 2.85. The summed E-state index contributed by atoms with van der Waals surface area (Å²) < 4.78 is 0. The van der Waals surface area contributed by atoms with Crippen molar-refractivity contribution in [2.75, 3.05) is 25.5 Å². The van der Waals surface area contributed by atoms with Crippen molar-refractivity contribution in [3.63, 3.8) is 0 Å². The van der Waals surface area contributed by atoms with Crippen LogP contribution < -0.4 is 16.0 Å². The van der Waals surface area contributed by atoms with Gasteiger partial charge in [-0.25, -0.2) is 0 Å². The van der Waals surface area contributed by atoms with Crippen LogP contribution in [0.2, 0.25) is 0 Å². The molecule has 6 heteroatoms. The zero-order valence-corrected chi connectivity index (χ0v) is 13.6. The molecule has 0 fully saturated rings. The van der Waals surface area contributed by atoms with Gasteiger partial charge in [-0.3, -0.25) is 9.59 Å². The molecule has 0 radical (unpaired) electrons. The van der Waals surface area contributed by atoms with Crippen molar-refractivity contribution >= 4 is 29.9 Å². The summed E-state index contributed by atoms with van der Waals surface area (Å²) in [6.45, 7) is 4.69. The standard InChI is InChI=1S/C15H23N3O2.ClH/c1-11-6-4-7-12(2)15(11)18-14(20)10-17-13(19)8-5-9-16-3;/h4,6-7,16H,5,8-10H2,1-3H3,(H,17,19)(H,18,20);1H. The smallest absolute Gasteiger partial charge is 0.243 e. The first-order chi connectivity index (χ1) is 9.54. The van der Waals surface area contributed by atoms with Gasteiger partial charge in [0, 0.05) is 12.1 Å². The highest BCUT2D eigenvalue weighted by Gasteiger charge is 2.08. The molecule has 118 valence electrons. The second kappa shape index (κ2) is 10.2. The molecule has 0 heterocycles. The van der Waals surface area contributed by atoms with Crippen LogP contribution in [0, 0.1) is 13.8 Å². The number of halogens is 1. The summed E-state index contributed by atoms with van der Waals surface area (Å²) in [5.74, 6) is -0.304. The molecule has 0 aliphatic rings. The Balaban J connectivity index is 0.00000400. The van der Waals surface area contributed by atoms with Crippen molar-refractivity contribution in [1.82, 2.24) is 10.6 Å². The van der Waals surface area contributed by atoms with Crippen LogP contribution in [0.1, 0.15) is 24.0 Å². The molecular formula is C15H24ClN3O2. The number of hydrogen-bond donors (Lipinski definition) is 3. The zero-order valence-electron chi connectivity index (χ0n) is 12.8.